The van der Waals surface area contributed by atoms with Gasteiger partial charge in [0.1, 0.15) is 5.76 Å². The van der Waals surface area contributed by atoms with Crippen LogP contribution in [-0.4, -0.2) is 35.6 Å². The molecule has 2 rings (SSSR count). The Balaban J connectivity index is 1.69. The molecule has 0 saturated heterocycles. The number of nitrogens with one attached hydrogen (secondary N) is 1. The maximum Gasteiger partial charge on any atom is 0.236 e. The Morgan fingerprint density at radius 1 is 1.69 bits per heavy atom. The molecule has 5 nitrogen and oxygen atoms in total. The first kappa shape index (κ1) is 11.1. The van der Waals surface area contributed by atoms with Crippen LogP contribution in [0.4, 0.5) is 0 Å². The maximum absolute atomic E-state index is 11.6. The molecule has 1 N–H and O–H groups in total. The lowest BCUT2D eigenvalue weighted by Crippen LogP contribution is -2.36. The van der Waals surface area contributed by atoms with Gasteiger partial charge in [0.05, 0.1) is 12.2 Å². The first-order valence-electron chi connectivity index (χ1n) is 5.55. The van der Waals surface area contributed by atoms with E-state index in [0.29, 0.717) is 19.1 Å². The summed E-state index contributed by atoms with van der Waals surface area (Å²) < 4.78 is 4.93. The minimum Gasteiger partial charge on any atom is -0.361 e. The van der Waals surface area contributed by atoms with Crippen LogP contribution in [0, 0.1) is 6.92 Å². The number of carbonyl (C=O) groups is 1. The number of nitrogens with zero attached hydrogens (tertiary/aromatic N) is 2. The molecular formula is C11H17N3O2. The van der Waals surface area contributed by atoms with Crippen LogP contribution in [0.5, 0.6) is 0 Å². The van der Waals surface area contributed by atoms with Crippen molar-refractivity contribution in [2.45, 2.75) is 32.4 Å². The van der Waals surface area contributed by atoms with Crippen molar-refractivity contribution in [2.75, 3.05) is 13.6 Å². The van der Waals surface area contributed by atoms with E-state index in [9.17, 15) is 4.79 Å². The summed E-state index contributed by atoms with van der Waals surface area (Å²) in [5, 5.41) is 6.91. The first-order chi connectivity index (χ1) is 7.66. The van der Waals surface area contributed by atoms with E-state index in [1.54, 1.807) is 0 Å². The molecule has 1 aliphatic rings. The van der Waals surface area contributed by atoms with Gasteiger partial charge in [-0.2, -0.15) is 0 Å². The van der Waals surface area contributed by atoms with Gasteiger partial charge in [0, 0.05) is 25.7 Å². The van der Waals surface area contributed by atoms with Crippen molar-refractivity contribution in [1.82, 2.24) is 15.4 Å². The number of aryl methyl sites for hydroxylation is 1. The van der Waals surface area contributed by atoms with Gasteiger partial charge in [-0.3, -0.25) is 4.79 Å². The Kier molecular flexibility index (Phi) is 3.24. The van der Waals surface area contributed by atoms with Crippen LogP contribution in [-0.2, 0) is 11.3 Å². The predicted octanol–water partition coefficient (Wildman–Crippen LogP) is 0.693. The average molecular weight is 223 g/mol. The summed E-state index contributed by atoms with van der Waals surface area (Å²) in [6, 6.07) is 2.34. The molecule has 88 valence electrons. The molecule has 16 heavy (non-hydrogen) atoms. The van der Waals surface area contributed by atoms with Gasteiger partial charge < -0.3 is 14.7 Å². The van der Waals surface area contributed by atoms with E-state index in [4.69, 9.17) is 4.52 Å². The van der Waals surface area contributed by atoms with Crippen molar-refractivity contribution in [3.63, 3.8) is 0 Å². The summed E-state index contributed by atoms with van der Waals surface area (Å²) in [5.74, 6) is 0.931. The zero-order valence-corrected chi connectivity index (χ0v) is 9.69. The second-order valence-corrected chi connectivity index (χ2v) is 4.27. The molecule has 1 aliphatic carbocycles. The van der Waals surface area contributed by atoms with Crippen LogP contribution in [0.3, 0.4) is 0 Å². The second-order valence-electron chi connectivity index (χ2n) is 4.27. The van der Waals surface area contributed by atoms with Crippen molar-refractivity contribution >= 4 is 5.91 Å². The molecule has 1 aromatic rings. The van der Waals surface area contributed by atoms with Crippen LogP contribution >= 0.6 is 0 Å². The maximum atomic E-state index is 11.6. The summed E-state index contributed by atoms with van der Waals surface area (Å²) in [7, 11) is 1.86. The molecule has 1 fully saturated rings. The molecule has 0 aliphatic heterocycles. The SMILES string of the molecule is Cc1cc(CNCC(=O)N(C)C2CC2)no1. The highest BCUT2D eigenvalue weighted by molar-refractivity contribution is 5.78. The van der Waals surface area contributed by atoms with Crippen molar-refractivity contribution in [1.29, 1.82) is 0 Å². The standard InChI is InChI=1S/C11H17N3O2/c1-8-5-9(13-16-8)6-12-7-11(15)14(2)10-3-4-10/h5,10,12H,3-4,6-7H2,1-2H3. The molecule has 1 saturated carbocycles. The zero-order valence-electron chi connectivity index (χ0n) is 9.69. The number of aromatic nitrogens is 1. The highest BCUT2D eigenvalue weighted by atomic mass is 16.5. The topological polar surface area (TPSA) is 58.4 Å². The van der Waals surface area contributed by atoms with E-state index < -0.39 is 0 Å². The van der Waals surface area contributed by atoms with Crippen molar-refractivity contribution < 1.29 is 9.32 Å². The number of rotatable bonds is 5. The molecule has 0 radical (unpaired) electrons. The van der Waals surface area contributed by atoms with E-state index in [1.165, 1.54) is 0 Å². The van der Waals surface area contributed by atoms with Gasteiger partial charge in [-0.05, 0) is 19.8 Å². The third-order valence-electron chi connectivity index (χ3n) is 2.75. The van der Waals surface area contributed by atoms with E-state index in [0.717, 1.165) is 24.3 Å². The number of hydrogen-bond acceptors (Lipinski definition) is 4. The van der Waals surface area contributed by atoms with Gasteiger partial charge in [0.2, 0.25) is 5.91 Å². The van der Waals surface area contributed by atoms with Crippen molar-refractivity contribution in [3.05, 3.63) is 17.5 Å². The van der Waals surface area contributed by atoms with Gasteiger partial charge in [-0.1, -0.05) is 5.16 Å². The Bertz CT molecular complexity index is 371. The van der Waals surface area contributed by atoms with Crippen LogP contribution in [0.1, 0.15) is 24.3 Å². The molecule has 5 heteroatoms. The third-order valence-corrected chi connectivity index (χ3v) is 2.75. The first-order valence-corrected chi connectivity index (χ1v) is 5.55. The van der Waals surface area contributed by atoms with Crippen molar-refractivity contribution in [3.8, 4) is 0 Å². The van der Waals surface area contributed by atoms with E-state index in [1.807, 2.05) is 24.9 Å². The molecular weight excluding hydrogens is 206 g/mol. The predicted molar refractivity (Wildman–Crippen MR) is 58.7 cm³/mol. The minimum absolute atomic E-state index is 0.141. The molecule has 0 unspecified atom stereocenters. The highest BCUT2D eigenvalue weighted by Crippen LogP contribution is 2.25. The lowest BCUT2D eigenvalue weighted by atomic mass is 10.3. The van der Waals surface area contributed by atoms with Crippen LogP contribution in [0.15, 0.2) is 10.6 Å². The highest BCUT2D eigenvalue weighted by Gasteiger charge is 2.28. The number of hydrogen-bond donors (Lipinski definition) is 1. The van der Waals surface area contributed by atoms with Crippen LogP contribution in [0.2, 0.25) is 0 Å². The summed E-state index contributed by atoms with van der Waals surface area (Å²) in [5.41, 5.74) is 0.833. The molecule has 1 heterocycles. The summed E-state index contributed by atoms with van der Waals surface area (Å²) in [4.78, 5) is 13.5. The van der Waals surface area contributed by atoms with Gasteiger partial charge in [0.25, 0.3) is 0 Å². The smallest absolute Gasteiger partial charge is 0.236 e. The fourth-order valence-electron chi connectivity index (χ4n) is 1.59. The summed E-state index contributed by atoms with van der Waals surface area (Å²) in [6.45, 7) is 2.78. The Labute approximate surface area is 94.8 Å². The Morgan fingerprint density at radius 3 is 3.00 bits per heavy atom. The molecule has 1 aromatic heterocycles. The summed E-state index contributed by atoms with van der Waals surface area (Å²) in [6.07, 6.45) is 2.29. The van der Waals surface area contributed by atoms with Crippen LogP contribution < -0.4 is 5.32 Å². The fourth-order valence-corrected chi connectivity index (χ4v) is 1.59. The lowest BCUT2D eigenvalue weighted by Gasteiger charge is -2.16. The van der Waals surface area contributed by atoms with E-state index >= 15 is 0 Å². The second kappa shape index (κ2) is 4.65. The van der Waals surface area contributed by atoms with E-state index in [-0.39, 0.29) is 5.91 Å². The van der Waals surface area contributed by atoms with Crippen molar-refractivity contribution in [2.24, 2.45) is 0 Å². The number of amides is 1. The Hall–Kier alpha value is -1.36. The van der Waals surface area contributed by atoms with Gasteiger partial charge in [-0.25, -0.2) is 0 Å². The monoisotopic (exact) mass is 223 g/mol. The molecule has 1 amide bonds. The Morgan fingerprint density at radius 2 is 2.44 bits per heavy atom. The van der Waals surface area contributed by atoms with Gasteiger partial charge >= 0.3 is 0 Å². The molecule has 0 aromatic carbocycles. The molecule has 0 bridgehead atoms. The fraction of sp³-hybridized carbons (Fsp3) is 0.636. The average Bonchev–Trinajstić information content (AvgIpc) is 3.02. The normalized spacial score (nSPS) is 15.1. The van der Waals surface area contributed by atoms with Gasteiger partial charge in [-0.15, -0.1) is 0 Å². The van der Waals surface area contributed by atoms with E-state index in [2.05, 4.69) is 10.5 Å². The molecule has 0 spiro atoms. The number of carbonyl (C=O) groups excluding carboxylic acids is 1. The quantitative estimate of drug-likeness (QED) is 0.798. The van der Waals surface area contributed by atoms with Gasteiger partial charge in [0.15, 0.2) is 0 Å². The molecule has 0 atom stereocenters. The largest absolute Gasteiger partial charge is 0.361 e. The lowest BCUT2D eigenvalue weighted by molar-refractivity contribution is -0.129. The number of likely N-dealkylation sites (N-methyl/N-ethyl adjacent to an activating group) is 1. The third kappa shape index (κ3) is 2.82. The summed E-state index contributed by atoms with van der Waals surface area (Å²) >= 11 is 0. The zero-order chi connectivity index (χ0) is 11.5. The minimum atomic E-state index is 0.141. The van der Waals surface area contributed by atoms with Crippen LogP contribution in [0.25, 0.3) is 0 Å².